The normalized spacial score (nSPS) is 13.6. The lowest BCUT2D eigenvalue weighted by Crippen LogP contribution is -2.08. The molecule has 0 radical (unpaired) electrons. The molecule has 3 heterocycles. The Hall–Kier alpha value is -0.850. The third-order valence-electron chi connectivity index (χ3n) is 2.65. The molecule has 0 atom stereocenters. The Labute approximate surface area is 118 Å². The van der Waals surface area contributed by atoms with Gasteiger partial charge in [-0.15, -0.1) is 23.1 Å². The molecule has 1 aliphatic heterocycles. The van der Waals surface area contributed by atoms with Crippen LogP contribution in [0.2, 0.25) is 5.28 Å². The van der Waals surface area contributed by atoms with Gasteiger partial charge in [-0.05, 0) is 11.6 Å². The predicted molar refractivity (Wildman–Crippen MR) is 75.8 cm³/mol. The molecule has 0 saturated heterocycles. The highest BCUT2D eigenvalue weighted by Gasteiger charge is 2.19. The Bertz CT molecular complexity index is 544. The molecular weight excluding hydrogens is 288 g/mol. The highest BCUT2D eigenvalue weighted by atomic mass is 35.5. The Morgan fingerprint density at radius 3 is 3.17 bits per heavy atom. The zero-order valence-electron chi connectivity index (χ0n) is 9.52. The Kier molecular flexibility index (Phi) is 3.67. The molecule has 2 aromatic rings. The molecule has 7 heteroatoms. The number of nitrogens with zero attached hydrogens (tertiary/aromatic N) is 3. The van der Waals surface area contributed by atoms with E-state index in [0.29, 0.717) is 5.28 Å². The van der Waals surface area contributed by atoms with E-state index in [1.54, 1.807) is 23.1 Å². The Balaban J connectivity index is 1.69. The fourth-order valence-electron chi connectivity index (χ4n) is 1.83. The van der Waals surface area contributed by atoms with E-state index in [-0.39, 0.29) is 0 Å². The largest absolute Gasteiger partial charge is 0.369 e. The molecule has 2 aromatic heterocycles. The summed E-state index contributed by atoms with van der Waals surface area (Å²) in [4.78, 5) is 13.9. The quantitative estimate of drug-likeness (QED) is 0.880. The maximum Gasteiger partial charge on any atom is 0.224 e. The molecule has 4 nitrogen and oxygen atoms in total. The fraction of sp³-hybridized carbons (Fsp3) is 0.364. The van der Waals surface area contributed by atoms with Crippen LogP contribution in [0.1, 0.15) is 11.4 Å². The summed E-state index contributed by atoms with van der Waals surface area (Å²) < 4.78 is 0. The van der Waals surface area contributed by atoms with E-state index in [2.05, 4.69) is 25.6 Å². The summed E-state index contributed by atoms with van der Waals surface area (Å²) in [6.45, 7) is 0.810. The second kappa shape index (κ2) is 5.42. The molecule has 0 aromatic carbocycles. The molecule has 0 fully saturated rings. The van der Waals surface area contributed by atoms with Gasteiger partial charge in [0, 0.05) is 30.5 Å². The SMILES string of the molecule is Clc1nc2c(c(NCCc3cscn3)n1)SCC2. The molecule has 1 aliphatic rings. The van der Waals surface area contributed by atoms with Crippen molar-refractivity contribution >= 4 is 40.5 Å². The van der Waals surface area contributed by atoms with Crippen LogP contribution in [-0.4, -0.2) is 27.2 Å². The number of nitrogens with one attached hydrogen (secondary N) is 1. The van der Waals surface area contributed by atoms with Crippen LogP contribution in [0.15, 0.2) is 15.8 Å². The monoisotopic (exact) mass is 298 g/mol. The topological polar surface area (TPSA) is 50.7 Å². The van der Waals surface area contributed by atoms with E-state index in [1.165, 1.54) is 0 Å². The van der Waals surface area contributed by atoms with Gasteiger partial charge in [-0.2, -0.15) is 4.98 Å². The minimum atomic E-state index is 0.326. The summed E-state index contributed by atoms with van der Waals surface area (Å²) in [6, 6.07) is 0. The van der Waals surface area contributed by atoms with Gasteiger partial charge < -0.3 is 5.32 Å². The van der Waals surface area contributed by atoms with Crippen LogP contribution in [0.5, 0.6) is 0 Å². The lowest BCUT2D eigenvalue weighted by atomic mass is 10.3. The zero-order chi connectivity index (χ0) is 12.4. The van der Waals surface area contributed by atoms with Gasteiger partial charge in [0.1, 0.15) is 5.82 Å². The second-order valence-electron chi connectivity index (χ2n) is 3.87. The van der Waals surface area contributed by atoms with Crippen LogP contribution < -0.4 is 5.32 Å². The average molecular weight is 299 g/mol. The fourth-order valence-corrected chi connectivity index (χ4v) is 3.68. The first kappa shape index (κ1) is 12.2. The van der Waals surface area contributed by atoms with Crippen molar-refractivity contribution in [3.63, 3.8) is 0 Å². The van der Waals surface area contributed by atoms with E-state index >= 15 is 0 Å². The number of fused-ring (bicyclic) bond motifs is 1. The number of aryl methyl sites for hydroxylation is 1. The first-order valence-corrected chi connectivity index (χ1v) is 7.94. The maximum atomic E-state index is 5.92. The third kappa shape index (κ3) is 2.60. The number of thioether (sulfide) groups is 1. The van der Waals surface area contributed by atoms with Crippen LogP contribution in [0.3, 0.4) is 0 Å². The molecule has 0 spiro atoms. The molecule has 0 amide bonds. The van der Waals surface area contributed by atoms with E-state index in [0.717, 1.165) is 47.2 Å². The van der Waals surface area contributed by atoms with Crippen molar-refractivity contribution in [1.82, 2.24) is 15.0 Å². The third-order valence-corrected chi connectivity index (χ3v) is 4.58. The Morgan fingerprint density at radius 2 is 2.33 bits per heavy atom. The average Bonchev–Trinajstić information content (AvgIpc) is 2.98. The number of thiazole rings is 1. The second-order valence-corrected chi connectivity index (χ2v) is 6.03. The minimum Gasteiger partial charge on any atom is -0.369 e. The predicted octanol–water partition coefficient (Wildman–Crippen LogP) is 2.89. The number of halogens is 1. The molecule has 18 heavy (non-hydrogen) atoms. The van der Waals surface area contributed by atoms with Gasteiger partial charge in [0.15, 0.2) is 0 Å². The molecule has 0 bridgehead atoms. The number of hydrogen-bond donors (Lipinski definition) is 1. The Morgan fingerprint density at radius 1 is 1.39 bits per heavy atom. The van der Waals surface area contributed by atoms with E-state index in [4.69, 9.17) is 11.6 Å². The van der Waals surface area contributed by atoms with Crippen molar-refractivity contribution in [3.05, 3.63) is 27.6 Å². The van der Waals surface area contributed by atoms with Gasteiger partial charge in [-0.3, -0.25) is 0 Å². The standard InChI is InChI=1S/C11H11ClN4S2/c12-11-15-8-2-4-18-9(8)10(16-11)13-3-1-7-5-17-6-14-7/h5-6H,1-4H2,(H,13,15,16). The van der Waals surface area contributed by atoms with Crippen molar-refractivity contribution in [2.45, 2.75) is 17.7 Å². The summed E-state index contributed by atoms with van der Waals surface area (Å²) in [5, 5.41) is 5.72. The highest BCUT2D eigenvalue weighted by molar-refractivity contribution is 7.99. The molecule has 1 N–H and O–H groups in total. The van der Waals surface area contributed by atoms with Gasteiger partial charge in [-0.25, -0.2) is 9.97 Å². The van der Waals surface area contributed by atoms with Crippen LogP contribution in [0, 0.1) is 0 Å². The van der Waals surface area contributed by atoms with E-state index < -0.39 is 0 Å². The van der Waals surface area contributed by atoms with Crippen LogP contribution in [0.25, 0.3) is 0 Å². The van der Waals surface area contributed by atoms with Crippen LogP contribution >= 0.6 is 34.7 Å². The summed E-state index contributed by atoms with van der Waals surface area (Å²) >= 11 is 9.33. The van der Waals surface area contributed by atoms with Crippen LogP contribution in [-0.2, 0) is 12.8 Å². The number of hydrogen-bond acceptors (Lipinski definition) is 6. The van der Waals surface area contributed by atoms with Crippen molar-refractivity contribution < 1.29 is 0 Å². The maximum absolute atomic E-state index is 5.92. The molecule has 3 rings (SSSR count). The zero-order valence-corrected chi connectivity index (χ0v) is 11.9. The molecule has 94 valence electrons. The first-order chi connectivity index (χ1) is 8.83. The minimum absolute atomic E-state index is 0.326. The summed E-state index contributed by atoms with van der Waals surface area (Å²) in [7, 11) is 0. The molecule has 0 unspecified atom stereocenters. The lowest BCUT2D eigenvalue weighted by Gasteiger charge is -2.08. The summed E-state index contributed by atoms with van der Waals surface area (Å²) in [6.07, 6.45) is 1.87. The number of rotatable bonds is 4. The van der Waals surface area contributed by atoms with Crippen molar-refractivity contribution in [3.8, 4) is 0 Å². The summed E-state index contributed by atoms with van der Waals surface area (Å²) in [5.41, 5.74) is 4.03. The highest BCUT2D eigenvalue weighted by Crippen LogP contribution is 2.35. The van der Waals surface area contributed by atoms with Crippen LogP contribution in [0.4, 0.5) is 5.82 Å². The van der Waals surface area contributed by atoms with E-state index in [1.807, 2.05) is 5.51 Å². The van der Waals surface area contributed by atoms with Gasteiger partial charge >= 0.3 is 0 Å². The first-order valence-electron chi connectivity index (χ1n) is 5.63. The smallest absolute Gasteiger partial charge is 0.224 e. The lowest BCUT2D eigenvalue weighted by molar-refractivity contribution is 0.931. The van der Waals surface area contributed by atoms with Gasteiger partial charge in [0.05, 0.1) is 21.8 Å². The summed E-state index contributed by atoms with van der Waals surface area (Å²) in [5.74, 6) is 1.92. The number of aromatic nitrogens is 3. The van der Waals surface area contributed by atoms with Crippen molar-refractivity contribution in [2.75, 3.05) is 17.6 Å². The molecular formula is C11H11ClN4S2. The van der Waals surface area contributed by atoms with E-state index in [9.17, 15) is 0 Å². The van der Waals surface area contributed by atoms with Gasteiger partial charge in [-0.1, -0.05) is 0 Å². The van der Waals surface area contributed by atoms with Gasteiger partial charge in [0.25, 0.3) is 0 Å². The van der Waals surface area contributed by atoms with Crippen molar-refractivity contribution in [2.24, 2.45) is 0 Å². The molecule has 0 aliphatic carbocycles. The van der Waals surface area contributed by atoms with Gasteiger partial charge in [0.2, 0.25) is 5.28 Å². The number of anilines is 1. The van der Waals surface area contributed by atoms with Crippen molar-refractivity contribution in [1.29, 1.82) is 0 Å². The molecule has 0 saturated carbocycles.